The van der Waals surface area contributed by atoms with E-state index in [0.717, 1.165) is 19.8 Å². The van der Waals surface area contributed by atoms with E-state index in [1.54, 1.807) is 0 Å². The standard InChI is InChI=1S/C5H12N4/c1-3-8(6-1)5-9-4-2-7-9/h6-7H,1-5H2. The van der Waals surface area contributed by atoms with E-state index in [9.17, 15) is 0 Å². The summed E-state index contributed by atoms with van der Waals surface area (Å²) in [4.78, 5) is 0. The van der Waals surface area contributed by atoms with Crippen LogP contribution in [0.2, 0.25) is 0 Å². The third kappa shape index (κ3) is 1.07. The Morgan fingerprint density at radius 3 is 1.67 bits per heavy atom. The van der Waals surface area contributed by atoms with Gasteiger partial charge in [0.05, 0.1) is 6.67 Å². The Morgan fingerprint density at radius 1 is 1.00 bits per heavy atom. The van der Waals surface area contributed by atoms with Crippen molar-refractivity contribution < 1.29 is 0 Å². The fraction of sp³-hybridized carbons (Fsp3) is 1.00. The zero-order chi connectivity index (χ0) is 6.10. The summed E-state index contributed by atoms with van der Waals surface area (Å²) in [5.74, 6) is 0. The Kier molecular flexibility index (Phi) is 1.39. The molecule has 0 amide bonds. The highest BCUT2D eigenvalue weighted by atomic mass is 15.7. The molecule has 0 aromatic heterocycles. The molecule has 0 bridgehead atoms. The Bertz CT molecular complexity index is 85.1. The van der Waals surface area contributed by atoms with E-state index < -0.39 is 0 Å². The Labute approximate surface area is 54.7 Å². The molecule has 2 aliphatic heterocycles. The molecule has 0 unspecified atom stereocenters. The molecule has 2 aliphatic rings. The van der Waals surface area contributed by atoms with Gasteiger partial charge in [-0.25, -0.2) is 10.0 Å². The lowest BCUT2D eigenvalue weighted by Crippen LogP contribution is -2.64. The minimum atomic E-state index is 1.03. The molecule has 52 valence electrons. The molecule has 0 spiro atoms. The van der Waals surface area contributed by atoms with Gasteiger partial charge in [0.2, 0.25) is 0 Å². The minimum absolute atomic E-state index is 1.03. The maximum absolute atomic E-state index is 3.20. The van der Waals surface area contributed by atoms with Crippen molar-refractivity contribution >= 4 is 0 Å². The summed E-state index contributed by atoms with van der Waals surface area (Å²) in [5.41, 5.74) is 6.39. The van der Waals surface area contributed by atoms with E-state index in [1.165, 1.54) is 13.1 Å². The molecule has 4 nitrogen and oxygen atoms in total. The van der Waals surface area contributed by atoms with E-state index in [-0.39, 0.29) is 0 Å². The predicted molar refractivity (Wildman–Crippen MR) is 34.3 cm³/mol. The summed E-state index contributed by atoms with van der Waals surface area (Å²) in [6, 6.07) is 0. The van der Waals surface area contributed by atoms with E-state index in [1.807, 2.05) is 0 Å². The van der Waals surface area contributed by atoms with Crippen LogP contribution in [0, 0.1) is 0 Å². The summed E-state index contributed by atoms with van der Waals surface area (Å²) in [5, 5.41) is 4.40. The molecule has 0 atom stereocenters. The largest absolute Gasteiger partial charge is 0.253 e. The third-order valence-corrected chi connectivity index (χ3v) is 1.78. The second-order valence-electron chi connectivity index (χ2n) is 2.48. The third-order valence-electron chi connectivity index (χ3n) is 1.78. The van der Waals surface area contributed by atoms with Gasteiger partial charge in [-0.3, -0.25) is 10.9 Å². The van der Waals surface area contributed by atoms with Crippen molar-refractivity contribution in [3.05, 3.63) is 0 Å². The van der Waals surface area contributed by atoms with Crippen LogP contribution in [-0.4, -0.2) is 42.9 Å². The van der Waals surface area contributed by atoms with Crippen molar-refractivity contribution in [3.8, 4) is 0 Å². The van der Waals surface area contributed by atoms with Gasteiger partial charge in [-0.05, 0) is 0 Å². The van der Waals surface area contributed by atoms with E-state index in [2.05, 4.69) is 20.9 Å². The molecule has 0 radical (unpaired) electrons. The lowest BCUT2D eigenvalue weighted by Gasteiger charge is -2.40. The van der Waals surface area contributed by atoms with E-state index >= 15 is 0 Å². The summed E-state index contributed by atoms with van der Waals surface area (Å²) in [6.07, 6.45) is 0. The molecular weight excluding hydrogens is 116 g/mol. The van der Waals surface area contributed by atoms with E-state index in [4.69, 9.17) is 0 Å². The second kappa shape index (κ2) is 2.22. The molecule has 0 saturated carbocycles. The van der Waals surface area contributed by atoms with Gasteiger partial charge in [0.25, 0.3) is 0 Å². The van der Waals surface area contributed by atoms with Crippen LogP contribution < -0.4 is 10.9 Å². The first-order chi connectivity index (χ1) is 4.45. The first-order valence-corrected chi connectivity index (χ1v) is 3.42. The second-order valence-corrected chi connectivity index (χ2v) is 2.48. The highest BCUT2D eigenvalue weighted by Gasteiger charge is 2.19. The molecule has 0 aliphatic carbocycles. The molecule has 2 rings (SSSR count). The van der Waals surface area contributed by atoms with Crippen molar-refractivity contribution in [2.24, 2.45) is 0 Å². The van der Waals surface area contributed by atoms with Crippen molar-refractivity contribution in [2.75, 3.05) is 32.8 Å². The lowest BCUT2D eigenvalue weighted by atomic mass is 10.5. The fourth-order valence-corrected chi connectivity index (χ4v) is 0.987. The van der Waals surface area contributed by atoms with Gasteiger partial charge in [0.1, 0.15) is 0 Å². The zero-order valence-electron chi connectivity index (χ0n) is 5.43. The molecule has 4 heteroatoms. The number of hydrogen-bond donors (Lipinski definition) is 2. The van der Waals surface area contributed by atoms with Gasteiger partial charge >= 0.3 is 0 Å². The van der Waals surface area contributed by atoms with Gasteiger partial charge in [-0.15, -0.1) is 0 Å². The molecule has 2 fully saturated rings. The number of hydrazine groups is 2. The highest BCUT2D eigenvalue weighted by molar-refractivity contribution is 4.67. The number of nitrogens with one attached hydrogen (secondary N) is 2. The van der Waals surface area contributed by atoms with Gasteiger partial charge in [0.15, 0.2) is 0 Å². The fourth-order valence-electron chi connectivity index (χ4n) is 0.987. The smallest absolute Gasteiger partial charge is 0.0782 e. The number of nitrogens with zero attached hydrogens (tertiary/aromatic N) is 2. The number of hydrogen-bond acceptors (Lipinski definition) is 4. The quantitative estimate of drug-likeness (QED) is 0.478. The summed E-state index contributed by atoms with van der Waals surface area (Å²) >= 11 is 0. The van der Waals surface area contributed by atoms with Crippen LogP contribution in [0.15, 0.2) is 0 Å². The maximum atomic E-state index is 3.20. The lowest BCUT2D eigenvalue weighted by molar-refractivity contribution is -0.0281. The van der Waals surface area contributed by atoms with Crippen LogP contribution in [-0.2, 0) is 0 Å². The van der Waals surface area contributed by atoms with Crippen LogP contribution in [0.4, 0.5) is 0 Å². The monoisotopic (exact) mass is 128 g/mol. The normalized spacial score (nSPS) is 29.3. The van der Waals surface area contributed by atoms with Crippen molar-refractivity contribution in [2.45, 2.75) is 0 Å². The number of rotatable bonds is 2. The van der Waals surface area contributed by atoms with E-state index in [0.29, 0.717) is 0 Å². The average molecular weight is 128 g/mol. The summed E-state index contributed by atoms with van der Waals surface area (Å²) in [7, 11) is 0. The van der Waals surface area contributed by atoms with Crippen LogP contribution >= 0.6 is 0 Å². The van der Waals surface area contributed by atoms with Gasteiger partial charge in [-0.2, -0.15) is 0 Å². The first kappa shape index (κ1) is 5.61. The SMILES string of the molecule is C1CN(CN2CCN2)N1. The first-order valence-electron chi connectivity index (χ1n) is 3.42. The Hall–Kier alpha value is -0.160. The molecular formula is C5H12N4. The van der Waals surface area contributed by atoms with Gasteiger partial charge in [-0.1, -0.05) is 0 Å². The summed E-state index contributed by atoms with van der Waals surface area (Å²) < 4.78 is 0. The van der Waals surface area contributed by atoms with Crippen LogP contribution in [0.25, 0.3) is 0 Å². The molecule has 2 saturated heterocycles. The molecule has 0 aromatic carbocycles. The molecule has 2 N–H and O–H groups in total. The van der Waals surface area contributed by atoms with Crippen molar-refractivity contribution in [1.82, 2.24) is 20.9 Å². The zero-order valence-corrected chi connectivity index (χ0v) is 5.43. The molecule has 9 heavy (non-hydrogen) atoms. The Balaban J connectivity index is 1.64. The highest BCUT2D eigenvalue weighted by Crippen LogP contribution is 1.97. The van der Waals surface area contributed by atoms with Crippen LogP contribution in [0.3, 0.4) is 0 Å². The van der Waals surface area contributed by atoms with Gasteiger partial charge in [0, 0.05) is 26.2 Å². The maximum Gasteiger partial charge on any atom is 0.0782 e. The van der Waals surface area contributed by atoms with Crippen molar-refractivity contribution in [3.63, 3.8) is 0 Å². The van der Waals surface area contributed by atoms with Crippen molar-refractivity contribution in [1.29, 1.82) is 0 Å². The van der Waals surface area contributed by atoms with Crippen LogP contribution in [0.5, 0.6) is 0 Å². The predicted octanol–water partition coefficient (Wildman–Crippen LogP) is -1.42. The Morgan fingerprint density at radius 2 is 1.44 bits per heavy atom. The molecule has 2 heterocycles. The molecule has 0 aromatic rings. The van der Waals surface area contributed by atoms with Crippen LogP contribution in [0.1, 0.15) is 0 Å². The van der Waals surface area contributed by atoms with Gasteiger partial charge < -0.3 is 0 Å². The minimum Gasteiger partial charge on any atom is -0.253 e. The topological polar surface area (TPSA) is 30.5 Å². The average Bonchev–Trinajstić information content (AvgIpc) is 1.57. The summed E-state index contributed by atoms with van der Waals surface area (Å²) in [6.45, 7) is 5.71.